The summed E-state index contributed by atoms with van der Waals surface area (Å²) in [5.74, 6) is -1.25. The molecule has 5 nitrogen and oxygen atoms in total. The van der Waals surface area contributed by atoms with Crippen molar-refractivity contribution in [2.24, 2.45) is 5.41 Å². The highest BCUT2D eigenvalue weighted by atomic mass is 16.4. The second kappa shape index (κ2) is 4.30. The van der Waals surface area contributed by atoms with Gasteiger partial charge in [-0.05, 0) is 6.07 Å². The van der Waals surface area contributed by atoms with E-state index < -0.39 is 11.4 Å². The Morgan fingerprint density at radius 1 is 1.31 bits per heavy atom. The van der Waals surface area contributed by atoms with Gasteiger partial charge in [-0.25, -0.2) is 4.79 Å². The summed E-state index contributed by atoms with van der Waals surface area (Å²) >= 11 is 0. The third kappa shape index (κ3) is 3.05. The standard InChI is InChI=1S/C11H14N2O3/c1-11(2,3)10(16)13-8-4-7(9(14)15)5-12-6-8/h4-6H,1-3H3,(H,13,16)(H,14,15). The number of nitrogens with one attached hydrogen (secondary N) is 1. The molecule has 0 radical (unpaired) electrons. The molecule has 0 aromatic carbocycles. The summed E-state index contributed by atoms with van der Waals surface area (Å²) in [6, 6.07) is 1.37. The molecular weight excluding hydrogens is 208 g/mol. The number of amides is 1. The van der Waals surface area contributed by atoms with E-state index in [1.807, 2.05) is 0 Å². The van der Waals surface area contributed by atoms with Crippen LogP contribution in [0.15, 0.2) is 18.5 Å². The van der Waals surface area contributed by atoms with Crippen LogP contribution in [0.5, 0.6) is 0 Å². The second-order valence-electron chi connectivity index (χ2n) is 4.47. The van der Waals surface area contributed by atoms with Crippen molar-refractivity contribution >= 4 is 17.6 Å². The van der Waals surface area contributed by atoms with E-state index in [-0.39, 0.29) is 11.5 Å². The largest absolute Gasteiger partial charge is 0.478 e. The van der Waals surface area contributed by atoms with Crippen molar-refractivity contribution in [3.05, 3.63) is 24.0 Å². The Balaban J connectivity index is 2.87. The Labute approximate surface area is 93.5 Å². The monoisotopic (exact) mass is 222 g/mol. The van der Waals surface area contributed by atoms with Gasteiger partial charge >= 0.3 is 5.97 Å². The lowest BCUT2D eigenvalue weighted by atomic mass is 9.95. The molecule has 0 fully saturated rings. The van der Waals surface area contributed by atoms with Crippen LogP contribution < -0.4 is 5.32 Å². The highest BCUT2D eigenvalue weighted by Crippen LogP contribution is 2.17. The lowest BCUT2D eigenvalue weighted by molar-refractivity contribution is -0.123. The number of aromatic carboxylic acids is 1. The van der Waals surface area contributed by atoms with E-state index in [1.54, 1.807) is 20.8 Å². The zero-order valence-electron chi connectivity index (χ0n) is 9.44. The van der Waals surface area contributed by atoms with Crippen molar-refractivity contribution in [1.82, 2.24) is 4.98 Å². The number of nitrogens with zero attached hydrogens (tertiary/aromatic N) is 1. The van der Waals surface area contributed by atoms with Crippen LogP contribution in [0, 0.1) is 5.41 Å². The van der Waals surface area contributed by atoms with Crippen LogP contribution in [0.3, 0.4) is 0 Å². The fourth-order valence-electron chi connectivity index (χ4n) is 0.944. The van der Waals surface area contributed by atoms with Gasteiger partial charge in [-0.1, -0.05) is 20.8 Å². The van der Waals surface area contributed by atoms with Gasteiger partial charge in [0.1, 0.15) is 0 Å². The molecule has 86 valence electrons. The number of carboxylic acid groups (broad SMARTS) is 1. The average Bonchev–Trinajstić information content (AvgIpc) is 2.16. The third-order valence-electron chi connectivity index (χ3n) is 1.92. The molecule has 0 saturated carbocycles. The van der Waals surface area contributed by atoms with E-state index in [1.165, 1.54) is 18.5 Å². The highest BCUT2D eigenvalue weighted by molar-refractivity contribution is 5.96. The molecule has 0 aliphatic carbocycles. The first-order chi connectivity index (χ1) is 7.30. The number of hydrogen-bond donors (Lipinski definition) is 2. The summed E-state index contributed by atoms with van der Waals surface area (Å²) in [5.41, 5.74) is -0.0919. The smallest absolute Gasteiger partial charge is 0.337 e. The molecule has 2 N–H and O–H groups in total. The number of carbonyl (C=O) groups is 2. The summed E-state index contributed by atoms with van der Waals surface area (Å²) < 4.78 is 0. The van der Waals surface area contributed by atoms with E-state index in [4.69, 9.17) is 5.11 Å². The predicted molar refractivity (Wildman–Crippen MR) is 59.3 cm³/mol. The highest BCUT2D eigenvalue weighted by Gasteiger charge is 2.21. The minimum Gasteiger partial charge on any atom is -0.478 e. The van der Waals surface area contributed by atoms with Crippen molar-refractivity contribution in [3.8, 4) is 0 Å². The van der Waals surface area contributed by atoms with E-state index in [9.17, 15) is 9.59 Å². The molecule has 0 bridgehead atoms. The Bertz CT molecular complexity index is 421. The number of carboxylic acids is 1. The molecule has 1 aromatic rings. The van der Waals surface area contributed by atoms with E-state index in [0.29, 0.717) is 5.69 Å². The van der Waals surface area contributed by atoms with E-state index in [2.05, 4.69) is 10.3 Å². The van der Waals surface area contributed by atoms with Gasteiger partial charge in [-0.3, -0.25) is 9.78 Å². The number of hydrogen-bond acceptors (Lipinski definition) is 3. The Kier molecular flexibility index (Phi) is 3.27. The Morgan fingerprint density at radius 2 is 1.94 bits per heavy atom. The number of anilines is 1. The molecule has 0 aliphatic rings. The van der Waals surface area contributed by atoms with Gasteiger partial charge in [0.15, 0.2) is 0 Å². The van der Waals surface area contributed by atoms with Crippen molar-refractivity contribution in [3.63, 3.8) is 0 Å². The van der Waals surface area contributed by atoms with E-state index in [0.717, 1.165) is 0 Å². The van der Waals surface area contributed by atoms with Crippen LogP contribution in [0.2, 0.25) is 0 Å². The summed E-state index contributed by atoms with van der Waals surface area (Å²) in [4.78, 5) is 26.1. The third-order valence-corrected chi connectivity index (χ3v) is 1.92. The van der Waals surface area contributed by atoms with Crippen LogP contribution >= 0.6 is 0 Å². The van der Waals surface area contributed by atoms with Crippen LogP contribution in [0.25, 0.3) is 0 Å². The number of aromatic nitrogens is 1. The van der Waals surface area contributed by atoms with E-state index >= 15 is 0 Å². The molecule has 1 amide bonds. The summed E-state index contributed by atoms with van der Waals surface area (Å²) in [6.07, 6.45) is 2.64. The molecule has 0 saturated heterocycles. The molecule has 0 unspecified atom stereocenters. The molecular formula is C11H14N2O3. The van der Waals surface area contributed by atoms with Crippen LogP contribution in [0.1, 0.15) is 31.1 Å². The maximum atomic E-state index is 11.6. The Hall–Kier alpha value is -1.91. The first kappa shape index (κ1) is 12.2. The lowest BCUT2D eigenvalue weighted by Crippen LogP contribution is -2.27. The van der Waals surface area contributed by atoms with Crippen molar-refractivity contribution in [1.29, 1.82) is 0 Å². The Morgan fingerprint density at radius 3 is 2.44 bits per heavy atom. The SMILES string of the molecule is CC(C)(C)C(=O)Nc1cncc(C(=O)O)c1. The topological polar surface area (TPSA) is 79.3 Å². The van der Waals surface area contributed by atoms with Gasteiger partial charge in [0, 0.05) is 11.6 Å². The van der Waals surface area contributed by atoms with Crippen LogP contribution in [-0.4, -0.2) is 22.0 Å². The quantitative estimate of drug-likeness (QED) is 0.799. The summed E-state index contributed by atoms with van der Waals surface area (Å²) in [7, 11) is 0. The second-order valence-corrected chi connectivity index (χ2v) is 4.47. The average molecular weight is 222 g/mol. The van der Waals surface area contributed by atoms with Gasteiger partial charge in [0.25, 0.3) is 0 Å². The van der Waals surface area contributed by atoms with Crippen LogP contribution in [-0.2, 0) is 4.79 Å². The molecule has 1 aromatic heterocycles. The first-order valence-electron chi connectivity index (χ1n) is 4.80. The maximum absolute atomic E-state index is 11.6. The first-order valence-corrected chi connectivity index (χ1v) is 4.80. The molecule has 0 atom stereocenters. The van der Waals surface area contributed by atoms with Crippen molar-refractivity contribution < 1.29 is 14.7 Å². The van der Waals surface area contributed by atoms with Gasteiger partial charge in [-0.15, -0.1) is 0 Å². The zero-order valence-corrected chi connectivity index (χ0v) is 9.44. The number of carbonyl (C=O) groups excluding carboxylic acids is 1. The van der Waals surface area contributed by atoms with Crippen molar-refractivity contribution in [2.45, 2.75) is 20.8 Å². The zero-order chi connectivity index (χ0) is 12.3. The van der Waals surface area contributed by atoms with Gasteiger partial charge < -0.3 is 10.4 Å². The molecule has 1 rings (SSSR count). The minimum atomic E-state index is -1.07. The number of pyridine rings is 1. The fraction of sp³-hybridized carbons (Fsp3) is 0.364. The summed E-state index contributed by atoms with van der Waals surface area (Å²) in [5, 5.41) is 11.4. The molecule has 1 heterocycles. The normalized spacial score (nSPS) is 10.9. The molecule has 0 spiro atoms. The lowest BCUT2D eigenvalue weighted by Gasteiger charge is -2.17. The fourth-order valence-corrected chi connectivity index (χ4v) is 0.944. The molecule has 16 heavy (non-hydrogen) atoms. The maximum Gasteiger partial charge on any atom is 0.337 e. The number of rotatable bonds is 2. The summed E-state index contributed by atoms with van der Waals surface area (Å²) in [6.45, 7) is 5.32. The molecule has 5 heteroatoms. The van der Waals surface area contributed by atoms with Crippen LogP contribution in [0.4, 0.5) is 5.69 Å². The van der Waals surface area contributed by atoms with Gasteiger partial charge in [0.2, 0.25) is 5.91 Å². The predicted octanol–water partition coefficient (Wildman–Crippen LogP) is 1.76. The van der Waals surface area contributed by atoms with Gasteiger partial charge in [0.05, 0.1) is 17.4 Å². The van der Waals surface area contributed by atoms with Crippen molar-refractivity contribution in [2.75, 3.05) is 5.32 Å². The minimum absolute atomic E-state index is 0.0479. The van der Waals surface area contributed by atoms with Gasteiger partial charge in [-0.2, -0.15) is 0 Å². The molecule has 0 aliphatic heterocycles.